The smallest absolute Gasteiger partial charge is 0.335 e. The van der Waals surface area contributed by atoms with Crippen molar-refractivity contribution in [1.29, 1.82) is 0 Å². The van der Waals surface area contributed by atoms with Gasteiger partial charge in [-0.2, -0.15) is 12.7 Å². The van der Waals surface area contributed by atoms with Gasteiger partial charge in [0.05, 0.1) is 18.2 Å². The van der Waals surface area contributed by atoms with E-state index in [2.05, 4.69) is 0 Å². The number of benzene rings is 1. The third-order valence-corrected chi connectivity index (χ3v) is 5.20. The van der Waals surface area contributed by atoms with E-state index in [4.69, 9.17) is 9.84 Å². The summed E-state index contributed by atoms with van der Waals surface area (Å²) in [5, 5.41) is 8.93. The van der Waals surface area contributed by atoms with Crippen LogP contribution in [0.1, 0.15) is 20.7 Å². The number of nitrogens with one attached hydrogen (secondary N) is 1. The zero-order valence-corrected chi connectivity index (χ0v) is 13.0. The van der Waals surface area contributed by atoms with Crippen LogP contribution in [-0.4, -0.2) is 49.9 Å². The number of aromatic carboxylic acids is 1. The summed E-state index contributed by atoms with van der Waals surface area (Å²) in [5.41, 5.74) is 0.948. The van der Waals surface area contributed by atoms with E-state index in [1.165, 1.54) is 29.6 Å². The largest absolute Gasteiger partial charge is 0.496 e. The molecule has 122 valence electrons. The molecule has 0 saturated carbocycles. The normalized spacial score (nSPS) is 19.7. The fourth-order valence-electron chi connectivity index (χ4n) is 2.47. The minimum absolute atomic E-state index is 0.00965. The SMILES string of the molecule is COc1cc(C(=O)O)ccc1C(=O)NS(=O)(=O)N1CC2=CC2C1. The standard InChI is InChI=1S/C14H14N2O6S/c1-22-12-5-8(14(18)19)2-3-11(12)13(17)15-23(20,21)16-6-9-4-10(9)7-16/h2-5,9H,6-7H2,1H3,(H,15,17)(H,18,19). The predicted octanol–water partition coefficient (Wildman–Crippen LogP) is 0.240. The van der Waals surface area contributed by atoms with E-state index in [9.17, 15) is 18.0 Å². The van der Waals surface area contributed by atoms with Crippen molar-refractivity contribution < 1.29 is 27.9 Å². The van der Waals surface area contributed by atoms with E-state index in [0.717, 1.165) is 5.57 Å². The van der Waals surface area contributed by atoms with Crippen molar-refractivity contribution in [2.24, 2.45) is 5.92 Å². The lowest BCUT2D eigenvalue weighted by atomic mass is 10.1. The number of hydrogen-bond acceptors (Lipinski definition) is 5. The van der Waals surface area contributed by atoms with E-state index >= 15 is 0 Å². The maximum absolute atomic E-state index is 12.2. The fraction of sp³-hybridized carbons (Fsp3) is 0.286. The highest BCUT2D eigenvalue weighted by molar-refractivity contribution is 7.87. The van der Waals surface area contributed by atoms with Gasteiger partial charge >= 0.3 is 16.2 Å². The maximum Gasteiger partial charge on any atom is 0.335 e. The summed E-state index contributed by atoms with van der Waals surface area (Å²) >= 11 is 0. The second-order valence-electron chi connectivity index (χ2n) is 5.30. The number of carboxylic acids is 1. The van der Waals surface area contributed by atoms with Gasteiger partial charge in [-0.25, -0.2) is 9.52 Å². The number of carbonyl (C=O) groups is 2. The molecule has 1 atom stereocenters. The van der Waals surface area contributed by atoms with Crippen molar-refractivity contribution in [2.75, 3.05) is 20.2 Å². The van der Waals surface area contributed by atoms with E-state index in [0.29, 0.717) is 13.1 Å². The van der Waals surface area contributed by atoms with Crippen molar-refractivity contribution in [3.05, 3.63) is 41.0 Å². The molecule has 1 aliphatic carbocycles. The Labute approximate surface area is 132 Å². The summed E-state index contributed by atoms with van der Waals surface area (Å²) in [5.74, 6) is -1.85. The molecule has 1 amide bonds. The predicted molar refractivity (Wildman–Crippen MR) is 79.5 cm³/mol. The Bertz CT molecular complexity index is 830. The topological polar surface area (TPSA) is 113 Å². The molecule has 3 rings (SSSR count). The Morgan fingerprint density at radius 1 is 1.39 bits per heavy atom. The molecule has 1 fully saturated rings. The summed E-state index contributed by atoms with van der Waals surface area (Å²) < 4.78 is 32.5. The molecule has 0 aromatic heterocycles. The van der Waals surface area contributed by atoms with Gasteiger partial charge in [0.2, 0.25) is 0 Å². The third kappa shape index (κ3) is 2.92. The lowest BCUT2D eigenvalue weighted by Crippen LogP contribution is -2.42. The van der Waals surface area contributed by atoms with E-state index in [1.54, 1.807) is 0 Å². The Hall–Kier alpha value is -2.39. The van der Waals surface area contributed by atoms with Crippen LogP contribution in [0.4, 0.5) is 0 Å². The average molecular weight is 338 g/mol. The molecule has 1 aromatic carbocycles. The quantitative estimate of drug-likeness (QED) is 0.744. The van der Waals surface area contributed by atoms with Crippen LogP contribution in [0.3, 0.4) is 0 Å². The van der Waals surface area contributed by atoms with Crippen LogP contribution in [0.2, 0.25) is 0 Å². The Kier molecular flexibility index (Phi) is 3.61. The first-order valence-corrected chi connectivity index (χ1v) is 8.20. The van der Waals surface area contributed by atoms with Crippen LogP contribution >= 0.6 is 0 Å². The molecule has 1 unspecified atom stereocenters. The van der Waals surface area contributed by atoms with Gasteiger partial charge in [0.25, 0.3) is 5.91 Å². The van der Waals surface area contributed by atoms with Gasteiger partial charge < -0.3 is 9.84 Å². The zero-order valence-electron chi connectivity index (χ0n) is 12.1. The van der Waals surface area contributed by atoms with Crippen LogP contribution in [0.25, 0.3) is 0 Å². The van der Waals surface area contributed by atoms with Crippen LogP contribution in [0, 0.1) is 5.92 Å². The molecule has 8 nitrogen and oxygen atoms in total. The molecule has 2 aliphatic rings. The van der Waals surface area contributed by atoms with Crippen molar-refractivity contribution in [2.45, 2.75) is 0 Å². The molecular weight excluding hydrogens is 324 g/mol. The number of carbonyl (C=O) groups excluding carboxylic acids is 1. The highest BCUT2D eigenvalue weighted by Crippen LogP contribution is 2.37. The lowest BCUT2D eigenvalue weighted by molar-refractivity contribution is 0.0695. The molecule has 1 heterocycles. The van der Waals surface area contributed by atoms with Gasteiger partial charge in [-0.3, -0.25) is 4.79 Å². The minimum Gasteiger partial charge on any atom is -0.496 e. The summed E-state index contributed by atoms with van der Waals surface area (Å²) in [6.45, 7) is 0.634. The van der Waals surface area contributed by atoms with Crippen LogP contribution < -0.4 is 9.46 Å². The van der Waals surface area contributed by atoms with Gasteiger partial charge in [-0.1, -0.05) is 11.6 Å². The molecule has 1 aromatic rings. The number of amides is 1. The Morgan fingerprint density at radius 2 is 2.13 bits per heavy atom. The van der Waals surface area contributed by atoms with Gasteiger partial charge in [-0.05, 0) is 18.2 Å². The average Bonchev–Trinajstić information content (AvgIpc) is 3.11. The first-order valence-electron chi connectivity index (χ1n) is 6.76. The van der Waals surface area contributed by atoms with Gasteiger partial charge in [0, 0.05) is 19.0 Å². The van der Waals surface area contributed by atoms with Crippen LogP contribution in [0.15, 0.2) is 29.8 Å². The Morgan fingerprint density at radius 3 is 2.70 bits per heavy atom. The summed E-state index contributed by atoms with van der Waals surface area (Å²) in [6.07, 6.45) is 1.99. The molecule has 1 saturated heterocycles. The molecule has 2 N–H and O–H groups in total. The number of rotatable bonds is 5. The molecule has 1 aliphatic heterocycles. The minimum atomic E-state index is -3.94. The number of carboxylic acid groups (broad SMARTS) is 1. The van der Waals surface area contributed by atoms with E-state index < -0.39 is 22.1 Å². The van der Waals surface area contributed by atoms with Crippen molar-refractivity contribution in [3.63, 3.8) is 0 Å². The fourth-order valence-corrected chi connectivity index (χ4v) is 3.62. The van der Waals surface area contributed by atoms with Gasteiger partial charge in [0.15, 0.2) is 0 Å². The summed E-state index contributed by atoms with van der Waals surface area (Å²) in [4.78, 5) is 23.1. The molecule has 9 heteroatoms. The summed E-state index contributed by atoms with van der Waals surface area (Å²) in [6, 6.07) is 3.60. The van der Waals surface area contributed by atoms with E-state index in [1.807, 2.05) is 10.8 Å². The molecule has 23 heavy (non-hydrogen) atoms. The zero-order chi connectivity index (χ0) is 16.8. The van der Waals surface area contributed by atoms with Crippen LogP contribution in [0.5, 0.6) is 5.75 Å². The number of fused-ring (bicyclic) bond motifs is 1. The highest BCUT2D eigenvalue weighted by Gasteiger charge is 2.41. The molecular formula is C14H14N2O6S. The number of hydrogen-bond donors (Lipinski definition) is 2. The molecule has 0 radical (unpaired) electrons. The van der Waals surface area contributed by atoms with Gasteiger partial charge in [-0.15, -0.1) is 0 Å². The van der Waals surface area contributed by atoms with E-state index in [-0.39, 0.29) is 22.8 Å². The highest BCUT2D eigenvalue weighted by atomic mass is 32.2. The first kappa shape index (κ1) is 15.5. The van der Waals surface area contributed by atoms with Gasteiger partial charge in [0.1, 0.15) is 5.75 Å². The maximum atomic E-state index is 12.2. The number of methoxy groups -OCH3 is 1. The summed E-state index contributed by atoms with van der Waals surface area (Å²) in [7, 11) is -2.67. The lowest BCUT2D eigenvalue weighted by Gasteiger charge is -2.17. The monoisotopic (exact) mass is 338 g/mol. The van der Waals surface area contributed by atoms with Crippen molar-refractivity contribution >= 4 is 22.1 Å². The van der Waals surface area contributed by atoms with Crippen molar-refractivity contribution in [3.8, 4) is 5.75 Å². The number of nitrogens with zero attached hydrogens (tertiary/aromatic N) is 1. The second-order valence-corrected chi connectivity index (χ2v) is 6.97. The Balaban J connectivity index is 1.80. The molecule has 0 spiro atoms. The molecule has 0 bridgehead atoms. The second kappa shape index (κ2) is 5.36. The van der Waals surface area contributed by atoms with Crippen LogP contribution in [-0.2, 0) is 10.2 Å². The van der Waals surface area contributed by atoms with Crippen molar-refractivity contribution in [1.82, 2.24) is 9.03 Å². The number of ether oxygens (including phenoxy) is 1. The third-order valence-electron chi connectivity index (χ3n) is 3.80. The first-order chi connectivity index (χ1) is 10.8.